The van der Waals surface area contributed by atoms with Gasteiger partial charge in [-0.1, -0.05) is 44.0 Å². The average molecular weight is 479 g/mol. The molecule has 0 radical (unpaired) electrons. The topological polar surface area (TPSA) is 0 Å². The Hall–Kier alpha value is -1.91. The first kappa shape index (κ1) is 25.2. The van der Waals surface area contributed by atoms with Gasteiger partial charge in [-0.2, -0.15) is 0 Å². The number of halogens is 5. The lowest BCUT2D eigenvalue weighted by molar-refractivity contribution is -0.0715. The Balaban J connectivity index is 1.31. The van der Waals surface area contributed by atoms with Gasteiger partial charge in [0.15, 0.2) is 17.5 Å². The van der Waals surface area contributed by atoms with E-state index in [0.29, 0.717) is 43.7 Å². The standard InChI is InChI=1S/C29H35F5/c1-2-3-19-4-6-21(7-5-19)22-8-10-23(11-9-22)24-12-14-25(15-13-24)29(33,34)18-20-16-26(30)28(32)27(31)17-20/h8-11,16-17,19,21,24-25H,2-7,12-15,18H2,1H3. The van der Waals surface area contributed by atoms with Crippen molar-refractivity contribution < 1.29 is 22.0 Å². The zero-order valence-corrected chi connectivity index (χ0v) is 19.9. The highest BCUT2D eigenvalue weighted by Gasteiger charge is 2.41. The van der Waals surface area contributed by atoms with Crippen LogP contribution in [-0.4, -0.2) is 5.92 Å². The molecule has 0 unspecified atom stereocenters. The van der Waals surface area contributed by atoms with E-state index in [1.807, 2.05) is 0 Å². The molecule has 0 aliphatic heterocycles. The number of hydrogen-bond donors (Lipinski definition) is 0. The van der Waals surface area contributed by atoms with Crippen molar-refractivity contribution in [2.75, 3.05) is 0 Å². The van der Waals surface area contributed by atoms with Crippen LogP contribution in [0.5, 0.6) is 0 Å². The molecule has 186 valence electrons. The molecule has 2 aliphatic carbocycles. The van der Waals surface area contributed by atoms with Gasteiger partial charge in [-0.05, 0) is 97.9 Å². The van der Waals surface area contributed by atoms with Gasteiger partial charge in [-0.25, -0.2) is 22.0 Å². The number of hydrogen-bond acceptors (Lipinski definition) is 0. The van der Waals surface area contributed by atoms with Crippen LogP contribution in [-0.2, 0) is 6.42 Å². The van der Waals surface area contributed by atoms with Crippen LogP contribution in [0.25, 0.3) is 0 Å². The monoisotopic (exact) mass is 478 g/mol. The summed E-state index contributed by atoms with van der Waals surface area (Å²) in [6.07, 6.45) is 9.06. The molecule has 0 nitrogen and oxygen atoms in total. The van der Waals surface area contributed by atoms with Gasteiger partial charge in [-0.3, -0.25) is 0 Å². The van der Waals surface area contributed by atoms with Crippen molar-refractivity contribution in [3.63, 3.8) is 0 Å². The number of alkyl halides is 2. The SMILES string of the molecule is CCCC1CCC(c2ccc(C3CCC(C(F)(F)Cc4cc(F)c(F)c(F)c4)CC3)cc2)CC1. The van der Waals surface area contributed by atoms with E-state index in [2.05, 4.69) is 31.2 Å². The van der Waals surface area contributed by atoms with E-state index in [4.69, 9.17) is 0 Å². The molecule has 0 N–H and O–H groups in total. The first-order valence-corrected chi connectivity index (χ1v) is 12.9. The van der Waals surface area contributed by atoms with Gasteiger partial charge >= 0.3 is 0 Å². The molecule has 0 aromatic heterocycles. The van der Waals surface area contributed by atoms with Crippen LogP contribution in [0.15, 0.2) is 36.4 Å². The largest absolute Gasteiger partial charge is 0.254 e. The molecule has 5 heteroatoms. The molecule has 2 aliphatic rings. The van der Waals surface area contributed by atoms with Gasteiger partial charge in [0, 0.05) is 12.3 Å². The highest BCUT2D eigenvalue weighted by atomic mass is 19.3. The van der Waals surface area contributed by atoms with E-state index < -0.39 is 35.7 Å². The predicted octanol–water partition coefficient (Wildman–Crippen LogP) is 9.33. The molecule has 0 atom stereocenters. The minimum absolute atomic E-state index is 0.206. The molecule has 34 heavy (non-hydrogen) atoms. The second-order valence-corrected chi connectivity index (χ2v) is 10.5. The van der Waals surface area contributed by atoms with E-state index >= 15 is 0 Å². The van der Waals surface area contributed by atoms with Crippen molar-refractivity contribution in [1.29, 1.82) is 0 Å². The maximum Gasteiger partial charge on any atom is 0.254 e. The van der Waals surface area contributed by atoms with Crippen LogP contribution in [0, 0.1) is 29.3 Å². The molecule has 0 bridgehead atoms. The minimum Gasteiger partial charge on any atom is -0.206 e. The molecule has 0 amide bonds. The predicted molar refractivity (Wildman–Crippen MR) is 126 cm³/mol. The van der Waals surface area contributed by atoms with Gasteiger partial charge < -0.3 is 0 Å². The summed E-state index contributed by atoms with van der Waals surface area (Å²) in [4.78, 5) is 0. The molecule has 2 aromatic carbocycles. The van der Waals surface area contributed by atoms with Crippen molar-refractivity contribution in [2.45, 2.75) is 95.3 Å². The molecular formula is C29H35F5. The third-order valence-electron chi connectivity index (χ3n) is 8.23. The molecule has 0 spiro atoms. The lowest BCUT2D eigenvalue weighted by Gasteiger charge is -2.34. The summed E-state index contributed by atoms with van der Waals surface area (Å²) in [7, 11) is 0. The van der Waals surface area contributed by atoms with Crippen LogP contribution in [0.3, 0.4) is 0 Å². The summed E-state index contributed by atoms with van der Waals surface area (Å²) in [5.41, 5.74) is 2.41. The normalized spacial score (nSPS) is 25.9. The second kappa shape index (κ2) is 10.8. The number of rotatable bonds is 7. The van der Waals surface area contributed by atoms with Gasteiger partial charge in [0.25, 0.3) is 5.92 Å². The van der Waals surface area contributed by atoms with Gasteiger partial charge in [0.2, 0.25) is 0 Å². The quantitative estimate of drug-likeness (QED) is 0.275. The van der Waals surface area contributed by atoms with Crippen LogP contribution >= 0.6 is 0 Å². The van der Waals surface area contributed by atoms with E-state index in [9.17, 15) is 22.0 Å². The zero-order valence-electron chi connectivity index (χ0n) is 19.9. The fourth-order valence-corrected chi connectivity index (χ4v) is 6.21. The van der Waals surface area contributed by atoms with Gasteiger partial charge in [0.1, 0.15) is 0 Å². The summed E-state index contributed by atoms with van der Waals surface area (Å²) in [6, 6.07) is 10.2. The fourth-order valence-electron chi connectivity index (χ4n) is 6.21. The summed E-state index contributed by atoms with van der Waals surface area (Å²) in [5.74, 6) is -6.60. The van der Waals surface area contributed by atoms with Crippen molar-refractivity contribution in [3.8, 4) is 0 Å². The highest BCUT2D eigenvalue weighted by molar-refractivity contribution is 5.28. The van der Waals surface area contributed by atoms with E-state index in [1.165, 1.54) is 49.7 Å². The van der Waals surface area contributed by atoms with Crippen LogP contribution < -0.4 is 0 Å². The molecule has 0 saturated heterocycles. The Morgan fingerprint density at radius 2 is 1.21 bits per heavy atom. The Morgan fingerprint density at radius 3 is 1.68 bits per heavy atom. The van der Waals surface area contributed by atoms with Crippen molar-refractivity contribution in [3.05, 3.63) is 70.5 Å². The lowest BCUT2D eigenvalue weighted by atomic mass is 9.74. The average Bonchev–Trinajstić information content (AvgIpc) is 2.83. The molecular weight excluding hydrogens is 443 g/mol. The molecule has 2 fully saturated rings. The Morgan fingerprint density at radius 1 is 0.735 bits per heavy atom. The van der Waals surface area contributed by atoms with Crippen molar-refractivity contribution >= 4 is 0 Å². The fraction of sp³-hybridized carbons (Fsp3) is 0.586. The second-order valence-electron chi connectivity index (χ2n) is 10.5. The summed E-state index contributed by atoms with van der Waals surface area (Å²) < 4.78 is 69.8. The van der Waals surface area contributed by atoms with Crippen molar-refractivity contribution in [1.82, 2.24) is 0 Å². The molecule has 4 rings (SSSR count). The maximum atomic E-state index is 14.9. The zero-order chi connectivity index (χ0) is 24.3. The maximum absolute atomic E-state index is 14.9. The Labute approximate surface area is 200 Å². The van der Waals surface area contributed by atoms with E-state index in [-0.39, 0.29) is 11.5 Å². The minimum atomic E-state index is -3.08. The summed E-state index contributed by atoms with van der Waals surface area (Å²) in [5, 5.41) is 0. The van der Waals surface area contributed by atoms with E-state index in [1.54, 1.807) is 0 Å². The third kappa shape index (κ3) is 5.83. The Bertz CT molecular complexity index is 912. The molecule has 2 aromatic rings. The highest BCUT2D eigenvalue weighted by Crippen LogP contribution is 2.44. The molecule has 2 saturated carbocycles. The van der Waals surface area contributed by atoms with Gasteiger partial charge in [0.05, 0.1) is 0 Å². The smallest absolute Gasteiger partial charge is 0.206 e. The summed E-state index contributed by atoms with van der Waals surface area (Å²) in [6.45, 7) is 2.26. The van der Waals surface area contributed by atoms with E-state index in [0.717, 1.165) is 5.92 Å². The molecule has 0 heterocycles. The van der Waals surface area contributed by atoms with Crippen LogP contribution in [0.2, 0.25) is 0 Å². The van der Waals surface area contributed by atoms with Gasteiger partial charge in [-0.15, -0.1) is 0 Å². The van der Waals surface area contributed by atoms with Crippen molar-refractivity contribution in [2.24, 2.45) is 11.8 Å². The first-order chi connectivity index (χ1) is 16.3. The lowest BCUT2D eigenvalue weighted by Crippen LogP contribution is -2.33. The summed E-state index contributed by atoms with van der Waals surface area (Å²) >= 11 is 0. The van der Waals surface area contributed by atoms with Crippen LogP contribution in [0.1, 0.15) is 99.7 Å². The van der Waals surface area contributed by atoms with Crippen LogP contribution in [0.4, 0.5) is 22.0 Å². The third-order valence-corrected chi connectivity index (χ3v) is 8.23. The first-order valence-electron chi connectivity index (χ1n) is 12.9. The Kier molecular flexibility index (Phi) is 7.99. The number of benzene rings is 2.